The van der Waals surface area contributed by atoms with E-state index in [4.69, 9.17) is 11.6 Å². The molecule has 71 heavy (non-hydrogen) atoms. The van der Waals surface area contributed by atoms with Gasteiger partial charge in [-0.2, -0.15) is 4.58 Å². The smallest absolute Gasteiger partial charge is 0.266 e. The SMILES string of the molecule is C=C.C=C.Cc1cccc2c3c(ccc12)[N+](CN1C(=O)c2ccccc2C1=O)=C(/C=C/C1=C(Cl)C(=C/C=C2/N(CN4C(=O)c5ccccc5C4=O)c4ccc5c(C)cccc5c4C2(C)C)CCC1)C3(C)C. The van der Waals surface area contributed by atoms with Crippen molar-refractivity contribution in [3.8, 4) is 0 Å². The van der Waals surface area contributed by atoms with Gasteiger partial charge in [0.2, 0.25) is 12.4 Å². The fourth-order valence-corrected chi connectivity index (χ4v) is 11.8. The second-order valence-corrected chi connectivity index (χ2v) is 19.8. The number of aryl methyl sites for hydroxylation is 2. The molecular formula is C62H58ClN4O4+. The molecular weight excluding hydrogens is 900 g/mol. The summed E-state index contributed by atoms with van der Waals surface area (Å²) in [5, 5.41) is 5.30. The second kappa shape index (κ2) is 18.6. The van der Waals surface area contributed by atoms with Gasteiger partial charge in [-0.3, -0.25) is 24.1 Å². The van der Waals surface area contributed by atoms with E-state index >= 15 is 0 Å². The van der Waals surface area contributed by atoms with Crippen molar-refractivity contribution >= 4 is 73.9 Å². The van der Waals surface area contributed by atoms with Crippen LogP contribution in [0.1, 0.15) is 111 Å². The molecule has 0 saturated heterocycles. The van der Waals surface area contributed by atoms with E-state index in [0.717, 1.165) is 75.1 Å². The molecule has 0 atom stereocenters. The lowest BCUT2D eigenvalue weighted by molar-refractivity contribution is -0.454. The fourth-order valence-electron chi connectivity index (χ4n) is 11.4. The Hall–Kier alpha value is -7.68. The summed E-state index contributed by atoms with van der Waals surface area (Å²) in [6.07, 6.45) is 10.9. The van der Waals surface area contributed by atoms with Crippen molar-refractivity contribution < 1.29 is 23.8 Å². The maximum atomic E-state index is 13.8. The van der Waals surface area contributed by atoms with Gasteiger partial charge in [0, 0.05) is 39.5 Å². The first-order valence-corrected chi connectivity index (χ1v) is 24.4. The van der Waals surface area contributed by atoms with Gasteiger partial charge < -0.3 is 4.90 Å². The number of hydrogen-bond donors (Lipinski definition) is 0. The number of nitrogens with zero attached hydrogens (tertiary/aromatic N) is 4. The summed E-state index contributed by atoms with van der Waals surface area (Å²) in [4.78, 5) is 60.1. The van der Waals surface area contributed by atoms with Crippen molar-refractivity contribution in [2.75, 3.05) is 18.2 Å². The molecule has 4 heterocycles. The van der Waals surface area contributed by atoms with E-state index in [9.17, 15) is 19.2 Å². The average Bonchev–Trinajstić information content (AvgIpc) is 3.94. The number of anilines is 1. The summed E-state index contributed by atoms with van der Waals surface area (Å²) in [5.41, 5.74) is 11.2. The van der Waals surface area contributed by atoms with Crippen LogP contribution in [0.3, 0.4) is 0 Å². The minimum Gasteiger partial charge on any atom is -0.325 e. The van der Waals surface area contributed by atoms with Gasteiger partial charge in [-0.25, -0.2) is 4.90 Å². The normalized spacial score (nSPS) is 18.7. The van der Waals surface area contributed by atoms with Crippen LogP contribution in [-0.4, -0.2) is 57.1 Å². The minimum absolute atomic E-state index is 0.0650. The van der Waals surface area contributed by atoms with Crippen molar-refractivity contribution in [3.05, 3.63) is 226 Å². The Labute approximate surface area is 421 Å². The zero-order valence-electron chi connectivity index (χ0n) is 41.4. The number of amides is 4. The van der Waals surface area contributed by atoms with Gasteiger partial charge in [0.05, 0.1) is 27.7 Å². The number of halogens is 1. The molecule has 0 unspecified atom stereocenters. The first-order valence-electron chi connectivity index (χ1n) is 24.1. The van der Waals surface area contributed by atoms with Crippen LogP contribution < -0.4 is 4.90 Å². The summed E-state index contributed by atoms with van der Waals surface area (Å²) in [5.74, 6) is -1.19. The van der Waals surface area contributed by atoms with Crippen LogP contribution in [0, 0.1) is 13.8 Å². The van der Waals surface area contributed by atoms with Gasteiger partial charge in [0.1, 0.15) is 6.67 Å². The van der Waals surface area contributed by atoms with E-state index in [0.29, 0.717) is 27.3 Å². The Morgan fingerprint density at radius 3 is 1.65 bits per heavy atom. The van der Waals surface area contributed by atoms with Crippen LogP contribution in [0.5, 0.6) is 0 Å². The van der Waals surface area contributed by atoms with Gasteiger partial charge in [-0.15, -0.1) is 26.3 Å². The van der Waals surface area contributed by atoms with Crippen LogP contribution in [-0.2, 0) is 10.8 Å². The molecule has 4 aliphatic heterocycles. The average molecular weight is 959 g/mol. The van der Waals surface area contributed by atoms with E-state index in [2.05, 4.69) is 162 Å². The van der Waals surface area contributed by atoms with Gasteiger partial charge in [-0.05, 0) is 139 Å². The standard InChI is InChI=1S/C58H50ClN4O4.2C2H4/c1-34-14-11-22-40-38(34)26-28-46-50(40)57(3,4)48(60(46)32-62-53(64)42-18-7-8-19-43(42)54(62)65)30-24-36-16-13-17-37(52(36)59)25-31-49-58(5,6)51-41-23-12-15-35(2)39(41)27-29-47(51)61(49)33-63-55(66)44-20-9-10-21-45(44)56(63)67;2*1-2/h7-12,14-15,18-31H,13,16-17,32-33H2,1-6H3;2*1-2H2/q+1;;. The molecule has 0 fully saturated rings. The number of hydrogen-bond acceptors (Lipinski definition) is 5. The molecule has 0 radical (unpaired) electrons. The first kappa shape index (κ1) is 48.3. The van der Waals surface area contributed by atoms with Crippen LogP contribution in [0.15, 0.2) is 182 Å². The molecule has 0 spiro atoms. The second-order valence-electron chi connectivity index (χ2n) is 19.5. The van der Waals surface area contributed by atoms with Gasteiger partial charge in [0.15, 0.2) is 5.71 Å². The van der Waals surface area contributed by atoms with E-state index in [-0.39, 0.29) is 37.0 Å². The zero-order chi connectivity index (χ0) is 50.7. The number of carbonyl (C=O) groups is 4. The van der Waals surface area contributed by atoms with Gasteiger partial charge >= 0.3 is 0 Å². The maximum absolute atomic E-state index is 13.8. The molecule has 8 nitrogen and oxygen atoms in total. The van der Waals surface area contributed by atoms with Crippen LogP contribution in [0.4, 0.5) is 11.4 Å². The van der Waals surface area contributed by atoms with Crippen molar-refractivity contribution in [2.24, 2.45) is 0 Å². The highest BCUT2D eigenvalue weighted by molar-refractivity contribution is 6.32. The summed E-state index contributed by atoms with van der Waals surface area (Å²) in [7, 11) is 0. The van der Waals surface area contributed by atoms with Crippen molar-refractivity contribution in [3.63, 3.8) is 0 Å². The Balaban J connectivity index is 0.00000152. The van der Waals surface area contributed by atoms with Crippen molar-refractivity contribution in [1.29, 1.82) is 0 Å². The highest BCUT2D eigenvalue weighted by atomic mass is 35.5. The molecule has 9 heteroatoms. The van der Waals surface area contributed by atoms with E-state index < -0.39 is 10.8 Å². The lowest BCUT2D eigenvalue weighted by Crippen LogP contribution is -2.41. The molecule has 0 aromatic heterocycles. The third-order valence-corrected chi connectivity index (χ3v) is 15.4. The number of benzene rings is 6. The van der Waals surface area contributed by atoms with E-state index in [1.165, 1.54) is 31.7 Å². The number of imide groups is 2. The number of carbonyl (C=O) groups excluding carboxylic acids is 4. The minimum atomic E-state index is -0.503. The Morgan fingerprint density at radius 1 is 0.563 bits per heavy atom. The van der Waals surface area contributed by atoms with Crippen molar-refractivity contribution in [1.82, 2.24) is 9.80 Å². The molecule has 4 amide bonds. The van der Waals surface area contributed by atoms with Crippen LogP contribution in [0.25, 0.3) is 21.5 Å². The molecule has 6 aromatic carbocycles. The summed E-state index contributed by atoms with van der Waals surface area (Å²) in [6, 6.07) is 35.3. The largest absolute Gasteiger partial charge is 0.325 e. The summed E-state index contributed by atoms with van der Waals surface area (Å²) >= 11 is 7.46. The highest BCUT2D eigenvalue weighted by Gasteiger charge is 2.49. The quantitative estimate of drug-likeness (QED) is 0.0904. The summed E-state index contributed by atoms with van der Waals surface area (Å²) in [6.45, 7) is 25.2. The molecule has 356 valence electrons. The molecule has 5 aliphatic rings. The predicted molar refractivity (Wildman–Crippen MR) is 289 cm³/mol. The zero-order valence-corrected chi connectivity index (χ0v) is 42.1. The van der Waals surface area contributed by atoms with Gasteiger partial charge in [0.25, 0.3) is 23.6 Å². The maximum Gasteiger partial charge on any atom is 0.266 e. The summed E-state index contributed by atoms with van der Waals surface area (Å²) < 4.78 is 2.13. The van der Waals surface area contributed by atoms with E-state index in [1.807, 2.05) is 0 Å². The lowest BCUT2D eigenvalue weighted by atomic mass is 9.78. The number of allylic oxidation sites excluding steroid dienone is 8. The molecule has 6 aromatic rings. The van der Waals surface area contributed by atoms with Crippen LogP contribution in [0.2, 0.25) is 0 Å². The fraction of sp³-hybridized carbons (Fsp3) is 0.210. The molecule has 0 N–H and O–H groups in total. The predicted octanol–water partition coefficient (Wildman–Crippen LogP) is 13.9. The third-order valence-electron chi connectivity index (χ3n) is 14.9. The Bertz CT molecular complexity index is 3390. The van der Waals surface area contributed by atoms with Gasteiger partial charge in [-0.1, -0.05) is 104 Å². The van der Waals surface area contributed by atoms with Crippen molar-refractivity contribution in [2.45, 2.75) is 71.6 Å². The highest BCUT2D eigenvalue weighted by Crippen LogP contribution is 2.52. The Morgan fingerprint density at radius 2 is 1.08 bits per heavy atom. The number of fused-ring (bicyclic) bond motifs is 8. The molecule has 1 aliphatic carbocycles. The van der Waals surface area contributed by atoms with Crippen LogP contribution >= 0.6 is 11.6 Å². The Kier molecular flexibility index (Phi) is 12.6. The molecule has 0 saturated carbocycles. The topological polar surface area (TPSA) is 81.0 Å². The lowest BCUT2D eigenvalue weighted by Gasteiger charge is -2.30. The molecule has 11 rings (SSSR count). The van der Waals surface area contributed by atoms with E-state index in [1.54, 1.807) is 48.5 Å². The first-order chi connectivity index (χ1) is 34.2. The third kappa shape index (κ3) is 7.64. The monoisotopic (exact) mass is 957 g/mol. The molecule has 0 bridgehead atoms. The number of rotatable bonds is 7.